The standard InChI is InChI=1S/C18H20N4O4/c1-20-14(10-16(24)21(2)18(20)26)17(25)19-11-12-5-7-13(8-6-12)22-9-3-4-15(22)23/h5-8,10H,3-4,9,11H2,1-2H3,(H,19,25). The lowest BCUT2D eigenvalue weighted by atomic mass is 10.2. The Kier molecular flexibility index (Phi) is 4.75. The summed E-state index contributed by atoms with van der Waals surface area (Å²) in [6.07, 6.45) is 1.44. The Balaban J connectivity index is 1.69. The molecule has 1 aromatic heterocycles. The highest BCUT2D eigenvalue weighted by Crippen LogP contribution is 2.21. The van der Waals surface area contributed by atoms with E-state index < -0.39 is 17.2 Å². The van der Waals surface area contributed by atoms with Crippen molar-refractivity contribution in [2.45, 2.75) is 19.4 Å². The molecule has 1 saturated heterocycles. The molecule has 0 bridgehead atoms. The molecule has 1 aromatic carbocycles. The molecule has 0 radical (unpaired) electrons. The van der Waals surface area contributed by atoms with Crippen LogP contribution in [0.3, 0.4) is 0 Å². The van der Waals surface area contributed by atoms with E-state index >= 15 is 0 Å². The molecule has 1 fully saturated rings. The number of benzene rings is 1. The number of carbonyl (C=O) groups is 2. The summed E-state index contributed by atoms with van der Waals surface area (Å²) in [6, 6.07) is 8.50. The van der Waals surface area contributed by atoms with E-state index in [0.717, 1.165) is 39.4 Å². The zero-order valence-electron chi connectivity index (χ0n) is 14.7. The maximum Gasteiger partial charge on any atom is 0.331 e. The zero-order chi connectivity index (χ0) is 18.8. The van der Waals surface area contributed by atoms with Crippen molar-refractivity contribution in [1.29, 1.82) is 0 Å². The van der Waals surface area contributed by atoms with Crippen LogP contribution in [-0.2, 0) is 25.4 Å². The van der Waals surface area contributed by atoms with Crippen LogP contribution in [0.1, 0.15) is 28.9 Å². The van der Waals surface area contributed by atoms with Crippen LogP contribution in [0.25, 0.3) is 0 Å². The molecule has 26 heavy (non-hydrogen) atoms. The van der Waals surface area contributed by atoms with Crippen molar-refractivity contribution in [3.63, 3.8) is 0 Å². The first kappa shape index (κ1) is 17.7. The van der Waals surface area contributed by atoms with Gasteiger partial charge in [0.2, 0.25) is 5.91 Å². The van der Waals surface area contributed by atoms with Crippen LogP contribution in [0.2, 0.25) is 0 Å². The summed E-state index contributed by atoms with van der Waals surface area (Å²) in [6.45, 7) is 0.975. The number of nitrogens with one attached hydrogen (secondary N) is 1. The highest BCUT2D eigenvalue weighted by molar-refractivity contribution is 5.95. The summed E-state index contributed by atoms with van der Waals surface area (Å²) in [4.78, 5) is 49.4. The molecular weight excluding hydrogens is 336 g/mol. The molecule has 0 saturated carbocycles. The average Bonchev–Trinajstić information content (AvgIpc) is 3.07. The lowest BCUT2D eigenvalue weighted by molar-refractivity contribution is -0.117. The van der Waals surface area contributed by atoms with E-state index in [1.54, 1.807) is 4.90 Å². The monoisotopic (exact) mass is 356 g/mol. The highest BCUT2D eigenvalue weighted by atomic mass is 16.2. The van der Waals surface area contributed by atoms with Crippen molar-refractivity contribution >= 4 is 17.5 Å². The lowest BCUT2D eigenvalue weighted by Gasteiger charge is -2.16. The molecule has 0 unspecified atom stereocenters. The van der Waals surface area contributed by atoms with Gasteiger partial charge in [-0.2, -0.15) is 0 Å². The lowest BCUT2D eigenvalue weighted by Crippen LogP contribution is -2.41. The number of amides is 2. The summed E-state index contributed by atoms with van der Waals surface area (Å²) in [5, 5.41) is 2.70. The number of rotatable bonds is 4. The Labute approximate surface area is 149 Å². The van der Waals surface area contributed by atoms with Crippen molar-refractivity contribution in [3.8, 4) is 0 Å². The molecule has 1 N–H and O–H groups in total. The molecule has 0 aliphatic carbocycles. The quantitative estimate of drug-likeness (QED) is 0.843. The summed E-state index contributed by atoms with van der Waals surface area (Å²) < 4.78 is 2.08. The smallest absolute Gasteiger partial charge is 0.331 e. The second-order valence-corrected chi connectivity index (χ2v) is 6.27. The Morgan fingerprint density at radius 2 is 1.77 bits per heavy atom. The number of anilines is 1. The largest absolute Gasteiger partial charge is 0.347 e. The van der Waals surface area contributed by atoms with Gasteiger partial charge in [-0.3, -0.25) is 23.5 Å². The maximum atomic E-state index is 12.3. The molecule has 2 aromatic rings. The predicted octanol–water partition coefficient (Wildman–Crippen LogP) is 0.141. The molecule has 2 amide bonds. The van der Waals surface area contributed by atoms with Crippen LogP contribution < -0.4 is 21.5 Å². The second-order valence-electron chi connectivity index (χ2n) is 6.27. The maximum absolute atomic E-state index is 12.3. The molecule has 0 atom stereocenters. The molecular formula is C18H20N4O4. The van der Waals surface area contributed by atoms with Crippen LogP contribution in [-0.4, -0.2) is 27.5 Å². The summed E-state index contributed by atoms with van der Waals surface area (Å²) in [5.41, 5.74) is 0.622. The van der Waals surface area contributed by atoms with Gasteiger partial charge >= 0.3 is 5.69 Å². The third-order valence-corrected chi connectivity index (χ3v) is 4.53. The fourth-order valence-corrected chi connectivity index (χ4v) is 2.94. The number of hydrogen-bond donors (Lipinski definition) is 1. The SMILES string of the molecule is Cn1c(C(=O)NCc2ccc(N3CCCC3=O)cc2)cc(=O)n(C)c1=O. The number of nitrogens with zero attached hydrogens (tertiary/aromatic N) is 3. The van der Waals surface area contributed by atoms with Crippen molar-refractivity contribution in [3.05, 3.63) is 62.4 Å². The molecule has 8 heteroatoms. The number of hydrogen-bond acceptors (Lipinski definition) is 4. The van der Waals surface area contributed by atoms with Crippen molar-refractivity contribution < 1.29 is 9.59 Å². The van der Waals surface area contributed by atoms with E-state index in [4.69, 9.17) is 0 Å². The second kappa shape index (κ2) is 6.99. The van der Waals surface area contributed by atoms with E-state index in [-0.39, 0.29) is 18.1 Å². The van der Waals surface area contributed by atoms with Crippen molar-refractivity contribution in [1.82, 2.24) is 14.5 Å². The Morgan fingerprint density at radius 3 is 2.38 bits per heavy atom. The third-order valence-electron chi connectivity index (χ3n) is 4.53. The van der Waals surface area contributed by atoms with E-state index in [9.17, 15) is 19.2 Å². The Hall–Kier alpha value is -3.16. The average molecular weight is 356 g/mol. The van der Waals surface area contributed by atoms with Crippen LogP contribution in [0.4, 0.5) is 5.69 Å². The first-order valence-electron chi connectivity index (χ1n) is 8.33. The molecule has 1 aliphatic heterocycles. The van der Waals surface area contributed by atoms with Crippen LogP contribution >= 0.6 is 0 Å². The van der Waals surface area contributed by atoms with Crippen LogP contribution in [0, 0.1) is 0 Å². The van der Waals surface area contributed by atoms with Gasteiger partial charge in [0, 0.05) is 45.4 Å². The van der Waals surface area contributed by atoms with E-state index in [1.165, 1.54) is 14.1 Å². The van der Waals surface area contributed by atoms with Gasteiger partial charge in [-0.05, 0) is 24.1 Å². The normalized spacial score (nSPS) is 13.9. The number of aromatic nitrogens is 2. The van der Waals surface area contributed by atoms with Crippen LogP contribution in [0.15, 0.2) is 39.9 Å². The molecule has 136 valence electrons. The minimum absolute atomic E-state index is 0.0115. The Morgan fingerprint density at radius 1 is 1.08 bits per heavy atom. The van der Waals surface area contributed by atoms with Gasteiger partial charge in [0.05, 0.1) is 0 Å². The molecule has 2 heterocycles. The third kappa shape index (κ3) is 3.30. The molecule has 8 nitrogen and oxygen atoms in total. The van der Waals surface area contributed by atoms with Gasteiger partial charge in [-0.15, -0.1) is 0 Å². The van der Waals surface area contributed by atoms with Gasteiger partial charge in [-0.1, -0.05) is 12.1 Å². The fourth-order valence-electron chi connectivity index (χ4n) is 2.94. The molecule has 0 spiro atoms. The first-order valence-corrected chi connectivity index (χ1v) is 8.33. The zero-order valence-corrected chi connectivity index (χ0v) is 14.7. The summed E-state index contributed by atoms with van der Waals surface area (Å²) in [5.74, 6) is -0.376. The van der Waals surface area contributed by atoms with Crippen molar-refractivity contribution in [2.75, 3.05) is 11.4 Å². The predicted molar refractivity (Wildman–Crippen MR) is 96.1 cm³/mol. The van der Waals surface area contributed by atoms with Gasteiger partial charge in [0.25, 0.3) is 11.5 Å². The molecule has 3 rings (SSSR count). The summed E-state index contributed by atoms with van der Waals surface area (Å²) in [7, 11) is 2.80. The van der Waals surface area contributed by atoms with E-state index in [1.807, 2.05) is 24.3 Å². The fraction of sp³-hybridized carbons (Fsp3) is 0.333. The van der Waals surface area contributed by atoms with E-state index in [0.29, 0.717) is 6.42 Å². The summed E-state index contributed by atoms with van der Waals surface area (Å²) >= 11 is 0. The number of carbonyl (C=O) groups excluding carboxylic acids is 2. The van der Waals surface area contributed by atoms with Gasteiger partial charge in [0.1, 0.15) is 5.69 Å². The first-order chi connectivity index (χ1) is 12.4. The van der Waals surface area contributed by atoms with E-state index in [2.05, 4.69) is 5.32 Å². The van der Waals surface area contributed by atoms with Gasteiger partial charge in [0.15, 0.2) is 0 Å². The van der Waals surface area contributed by atoms with Gasteiger partial charge < -0.3 is 10.2 Å². The Bertz CT molecular complexity index is 972. The topological polar surface area (TPSA) is 93.4 Å². The van der Waals surface area contributed by atoms with Crippen LogP contribution in [0.5, 0.6) is 0 Å². The minimum Gasteiger partial charge on any atom is -0.347 e. The highest BCUT2D eigenvalue weighted by Gasteiger charge is 2.21. The van der Waals surface area contributed by atoms with Crippen molar-refractivity contribution in [2.24, 2.45) is 14.1 Å². The minimum atomic E-state index is -0.553. The van der Waals surface area contributed by atoms with Gasteiger partial charge in [-0.25, -0.2) is 4.79 Å². The molecule has 1 aliphatic rings.